The van der Waals surface area contributed by atoms with Gasteiger partial charge < -0.3 is 35.1 Å². The normalized spacial score (nSPS) is 17.7. The molecule has 5 aromatic carbocycles. The van der Waals surface area contributed by atoms with Gasteiger partial charge in [0.2, 0.25) is 24.1 Å². The van der Waals surface area contributed by atoms with Gasteiger partial charge in [0.05, 0.1) is 28.0 Å². The van der Waals surface area contributed by atoms with Gasteiger partial charge in [-0.25, -0.2) is 4.39 Å². The maximum Gasteiger partial charge on any atom is 0.276 e. The first-order chi connectivity index (χ1) is 35.8. The standard InChI is InChI=1S/C57H61FN10O6/c1-59-55(72)38-10-5-11-39(31-38)60-57(74)53-51-45(65(4)62-53)19-18-43(52(51)58)42-17-16-41(68-26-8-15-50(68)71)33-44(42)37-9-6-12-40(32-37)66-27-22-35(23-28-66)36-24-29-67(30-25-36)47-14-7-13-46(54(47)63(2)34-69)64(3)48-20-21-49(70)61-56(48)73/h5-7,9-14,16-19,31-36,48H,8,15,20-30H2,1-4H3,(H,59,72)(H,60,74)(H,61,70,73). The van der Waals surface area contributed by atoms with Crippen molar-refractivity contribution in [3.8, 4) is 22.3 Å². The molecule has 1 atom stereocenters. The van der Waals surface area contributed by atoms with Gasteiger partial charge in [-0.2, -0.15) is 5.10 Å². The van der Waals surface area contributed by atoms with E-state index in [1.54, 1.807) is 60.3 Å². The lowest BCUT2D eigenvalue weighted by Gasteiger charge is -2.42. The maximum atomic E-state index is 17.4. The Labute approximate surface area is 429 Å². The van der Waals surface area contributed by atoms with Crippen molar-refractivity contribution in [1.29, 1.82) is 0 Å². The minimum absolute atomic E-state index is 0.0461. The molecule has 6 amide bonds. The minimum Gasteiger partial charge on any atom is -0.371 e. The second-order valence-electron chi connectivity index (χ2n) is 19.9. The summed E-state index contributed by atoms with van der Waals surface area (Å²) in [6.45, 7) is 4.02. The zero-order valence-corrected chi connectivity index (χ0v) is 42.2. The van der Waals surface area contributed by atoms with Gasteiger partial charge >= 0.3 is 0 Å². The molecule has 0 radical (unpaired) electrons. The number of nitrogens with one attached hydrogen (secondary N) is 3. The van der Waals surface area contributed by atoms with E-state index >= 15 is 4.39 Å². The van der Waals surface area contributed by atoms with Crippen molar-refractivity contribution < 1.29 is 33.2 Å². The van der Waals surface area contributed by atoms with Crippen LogP contribution in [0.1, 0.15) is 72.2 Å². The third-order valence-corrected chi connectivity index (χ3v) is 15.6. The number of aryl methyl sites for hydroxylation is 1. The topological polar surface area (TPSA) is 173 Å². The Hall–Kier alpha value is -8.08. The van der Waals surface area contributed by atoms with Crippen molar-refractivity contribution in [2.75, 3.05) is 83.7 Å². The van der Waals surface area contributed by atoms with Crippen LogP contribution in [0, 0.1) is 17.7 Å². The van der Waals surface area contributed by atoms with Gasteiger partial charge in [-0.3, -0.25) is 38.8 Å². The Morgan fingerprint density at radius 2 is 1.47 bits per heavy atom. The fourth-order valence-electron chi connectivity index (χ4n) is 11.7. The molecule has 17 heteroatoms. The molecule has 4 aliphatic rings. The van der Waals surface area contributed by atoms with Crippen molar-refractivity contribution in [2.45, 2.75) is 57.4 Å². The summed E-state index contributed by atoms with van der Waals surface area (Å²) >= 11 is 0. The molecular formula is C57H61FN10O6. The van der Waals surface area contributed by atoms with Crippen LogP contribution in [0.5, 0.6) is 0 Å². The van der Waals surface area contributed by atoms with Gasteiger partial charge in [-0.15, -0.1) is 0 Å². The van der Waals surface area contributed by atoms with Crippen LogP contribution in [0.3, 0.4) is 0 Å². The number of likely N-dealkylation sites (N-methyl/N-ethyl adjacent to an activating group) is 1. The number of halogens is 1. The number of imide groups is 1. The van der Waals surface area contributed by atoms with E-state index in [1.165, 1.54) is 11.7 Å². The van der Waals surface area contributed by atoms with Crippen molar-refractivity contribution in [2.24, 2.45) is 18.9 Å². The second-order valence-corrected chi connectivity index (χ2v) is 19.9. The van der Waals surface area contributed by atoms with Crippen LogP contribution in [0.15, 0.2) is 97.1 Å². The second kappa shape index (κ2) is 20.8. The lowest BCUT2D eigenvalue weighted by atomic mass is 9.78. The summed E-state index contributed by atoms with van der Waals surface area (Å²) in [6.07, 6.45) is 6.77. The Bertz CT molecular complexity index is 3190. The van der Waals surface area contributed by atoms with Gasteiger partial charge in [-0.1, -0.05) is 30.3 Å². The number of amides is 6. The number of nitrogens with zero attached hydrogens (tertiary/aromatic N) is 7. The molecule has 1 aromatic heterocycles. The highest BCUT2D eigenvalue weighted by molar-refractivity contribution is 6.13. The molecule has 74 heavy (non-hydrogen) atoms. The molecule has 0 aliphatic carbocycles. The number of benzene rings is 5. The molecule has 10 rings (SSSR count). The Morgan fingerprint density at radius 1 is 0.757 bits per heavy atom. The molecule has 3 N–H and O–H groups in total. The van der Waals surface area contributed by atoms with Crippen LogP contribution >= 0.6 is 0 Å². The van der Waals surface area contributed by atoms with Crippen LogP contribution in [-0.2, 0) is 26.2 Å². The summed E-state index contributed by atoms with van der Waals surface area (Å²) < 4.78 is 18.8. The van der Waals surface area contributed by atoms with E-state index in [2.05, 4.69) is 43.0 Å². The number of hydrogen-bond acceptors (Lipinski definition) is 10. The van der Waals surface area contributed by atoms with E-state index in [1.807, 2.05) is 60.5 Å². The van der Waals surface area contributed by atoms with Crippen LogP contribution < -0.4 is 40.4 Å². The van der Waals surface area contributed by atoms with Gasteiger partial charge in [-0.05, 0) is 134 Å². The molecule has 0 bridgehead atoms. The molecule has 382 valence electrons. The molecule has 4 saturated heterocycles. The predicted octanol–water partition coefficient (Wildman–Crippen LogP) is 7.75. The lowest BCUT2D eigenvalue weighted by molar-refractivity contribution is -0.134. The molecule has 5 heterocycles. The first-order valence-corrected chi connectivity index (χ1v) is 25.5. The molecule has 6 aromatic rings. The molecule has 0 saturated carbocycles. The van der Waals surface area contributed by atoms with Crippen LogP contribution in [0.25, 0.3) is 33.2 Å². The smallest absolute Gasteiger partial charge is 0.276 e. The number of para-hydroxylation sites is 1. The van der Waals surface area contributed by atoms with Crippen molar-refractivity contribution >= 4 is 81.0 Å². The third-order valence-electron chi connectivity index (χ3n) is 15.6. The lowest BCUT2D eigenvalue weighted by Crippen LogP contribution is -2.51. The number of fused-ring (bicyclic) bond motifs is 1. The number of anilines is 6. The highest BCUT2D eigenvalue weighted by Crippen LogP contribution is 2.44. The van der Waals surface area contributed by atoms with Crippen LogP contribution in [0.2, 0.25) is 0 Å². The third kappa shape index (κ3) is 9.53. The summed E-state index contributed by atoms with van der Waals surface area (Å²) in [5.41, 5.74) is 7.81. The molecule has 4 fully saturated rings. The van der Waals surface area contributed by atoms with Crippen molar-refractivity contribution in [1.82, 2.24) is 20.4 Å². The van der Waals surface area contributed by atoms with Crippen LogP contribution in [0.4, 0.5) is 38.5 Å². The van der Waals surface area contributed by atoms with E-state index in [0.717, 1.165) is 104 Å². The number of hydrogen-bond donors (Lipinski definition) is 3. The maximum absolute atomic E-state index is 17.4. The zero-order valence-electron chi connectivity index (χ0n) is 42.2. The highest BCUT2D eigenvalue weighted by atomic mass is 19.1. The summed E-state index contributed by atoms with van der Waals surface area (Å²) in [4.78, 5) is 86.3. The quantitative estimate of drug-likeness (QED) is 0.0768. The first kappa shape index (κ1) is 49.5. The number of aromatic nitrogens is 2. The fraction of sp³-hybridized carbons (Fsp3) is 0.351. The summed E-state index contributed by atoms with van der Waals surface area (Å²) in [5.74, 6) is -1.00. The minimum atomic E-state index is -0.622. The molecule has 4 aliphatic heterocycles. The van der Waals surface area contributed by atoms with Crippen molar-refractivity contribution in [3.05, 3.63) is 114 Å². The molecule has 16 nitrogen and oxygen atoms in total. The molecule has 1 unspecified atom stereocenters. The SMILES string of the molecule is CNC(=O)c1cccc(NC(=O)c2nn(C)c3ccc(-c4ccc(N5CCCC5=O)cc4-c4cccc(N5CCC(C6CCN(c7cccc(N(C)C8CCC(=O)NC8=O)c7N(C)C=O)CC6)CC5)c4)c(F)c23)c1. The zero-order chi connectivity index (χ0) is 51.8. The van der Waals surface area contributed by atoms with Gasteiger partial charge in [0, 0.05) is 102 Å². The summed E-state index contributed by atoms with van der Waals surface area (Å²) in [6, 6.07) is 29.4. The number of piperidine rings is 3. The van der Waals surface area contributed by atoms with Gasteiger partial charge in [0.25, 0.3) is 11.8 Å². The average molecular weight is 1000 g/mol. The van der Waals surface area contributed by atoms with E-state index in [0.29, 0.717) is 53.6 Å². The van der Waals surface area contributed by atoms with Crippen LogP contribution in [-0.4, -0.2) is 106 Å². The summed E-state index contributed by atoms with van der Waals surface area (Å²) in [5, 5.41) is 12.4. The van der Waals surface area contributed by atoms with E-state index in [-0.39, 0.29) is 46.7 Å². The number of rotatable bonds is 13. The average Bonchev–Trinajstić information content (AvgIpc) is 4.02. The highest BCUT2D eigenvalue weighted by Gasteiger charge is 2.35. The Balaban J connectivity index is 0.871. The largest absolute Gasteiger partial charge is 0.371 e. The fourth-order valence-corrected chi connectivity index (χ4v) is 11.7. The van der Waals surface area contributed by atoms with E-state index in [9.17, 15) is 28.8 Å². The van der Waals surface area contributed by atoms with Gasteiger partial charge in [0.15, 0.2) is 5.69 Å². The predicted molar refractivity (Wildman–Crippen MR) is 286 cm³/mol. The van der Waals surface area contributed by atoms with Crippen molar-refractivity contribution in [3.63, 3.8) is 0 Å². The Morgan fingerprint density at radius 3 is 2.18 bits per heavy atom. The van der Waals surface area contributed by atoms with E-state index < -0.39 is 17.8 Å². The Kier molecular flexibility index (Phi) is 13.9. The summed E-state index contributed by atoms with van der Waals surface area (Å²) in [7, 11) is 6.77. The molecule has 0 spiro atoms. The molecular weight excluding hydrogens is 940 g/mol. The van der Waals surface area contributed by atoms with E-state index in [4.69, 9.17) is 0 Å². The van der Waals surface area contributed by atoms with Gasteiger partial charge in [0.1, 0.15) is 11.9 Å². The number of carbonyl (C=O) groups is 6. The first-order valence-electron chi connectivity index (χ1n) is 25.5. The monoisotopic (exact) mass is 1000 g/mol. The number of carbonyl (C=O) groups excluding carboxylic acids is 6.